The van der Waals surface area contributed by atoms with Crippen molar-refractivity contribution in [2.24, 2.45) is 4.99 Å². The molecular formula is C19H32FIN4O. The Morgan fingerprint density at radius 3 is 2.42 bits per heavy atom. The van der Waals surface area contributed by atoms with Crippen LogP contribution in [0.25, 0.3) is 0 Å². The van der Waals surface area contributed by atoms with Crippen LogP contribution in [0.4, 0.5) is 4.39 Å². The molecule has 2 rings (SSSR count). The SMILES string of the molecule is CCNC(=NCC(O)c1ccc(F)cc1)NC1CCN(C(C)C)CC1.I. The van der Waals surface area contributed by atoms with Crippen LogP contribution in [0.1, 0.15) is 45.3 Å². The van der Waals surface area contributed by atoms with Gasteiger partial charge in [-0.05, 0) is 51.3 Å². The maximum absolute atomic E-state index is 13.0. The largest absolute Gasteiger partial charge is 0.386 e. The van der Waals surface area contributed by atoms with Gasteiger partial charge < -0.3 is 20.6 Å². The average Bonchev–Trinajstić information content (AvgIpc) is 2.60. The Morgan fingerprint density at radius 1 is 1.27 bits per heavy atom. The smallest absolute Gasteiger partial charge is 0.191 e. The molecule has 1 aromatic carbocycles. The molecule has 0 amide bonds. The lowest BCUT2D eigenvalue weighted by molar-refractivity contribution is 0.167. The third kappa shape index (κ3) is 7.36. The zero-order valence-electron chi connectivity index (χ0n) is 15.9. The molecule has 0 aliphatic carbocycles. The molecule has 3 N–H and O–H groups in total. The molecular weight excluding hydrogens is 446 g/mol. The first kappa shape index (κ1) is 23.1. The van der Waals surface area contributed by atoms with Gasteiger partial charge in [-0.25, -0.2) is 4.39 Å². The Labute approximate surface area is 173 Å². The number of nitrogens with zero attached hydrogens (tertiary/aromatic N) is 2. The highest BCUT2D eigenvalue weighted by molar-refractivity contribution is 14.0. The normalized spacial score (nSPS) is 17.7. The summed E-state index contributed by atoms with van der Waals surface area (Å²) < 4.78 is 13.0. The number of aliphatic hydroxyl groups is 1. The molecule has 0 saturated carbocycles. The molecule has 1 unspecified atom stereocenters. The van der Waals surface area contributed by atoms with Gasteiger partial charge in [-0.1, -0.05) is 12.1 Å². The molecule has 0 spiro atoms. The molecule has 1 aliphatic heterocycles. The zero-order valence-corrected chi connectivity index (χ0v) is 18.2. The van der Waals surface area contributed by atoms with Crippen LogP contribution in [0.15, 0.2) is 29.3 Å². The van der Waals surface area contributed by atoms with E-state index in [4.69, 9.17) is 0 Å². The summed E-state index contributed by atoms with van der Waals surface area (Å²) in [5.41, 5.74) is 0.672. The summed E-state index contributed by atoms with van der Waals surface area (Å²) in [4.78, 5) is 6.98. The number of hydrogen-bond acceptors (Lipinski definition) is 3. The minimum atomic E-state index is -0.737. The topological polar surface area (TPSA) is 59.9 Å². The van der Waals surface area contributed by atoms with Crippen LogP contribution < -0.4 is 10.6 Å². The standard InChI is InChI=1S/C19H31FN4O.HI/c1-4-21-19(23-17-9-11-24(12-10-17)14(2)3)22-13-18(25)15-5-7-16(20)8-6-15;/h5-8,14,17-18,25H,4,9-13H2,1-3H3,(H2,21,22,23);1H. The van der Waals surface area contributed by atoms with Crippen molar-refractivity contribution in [1.82, 2.24) is 15.5 Å². The first-order valence-corrected chi connectivity index (χ1v) is 9.22. The van der Waals surface area contributed by atoms with Gasteiger partial charge in [-0.2, -0.15) is 0 Å². The lowest BCUT2D eigenvalue weighted by atomic mass is 10.0. The van der Waals surface area contributed by atoms with Crippen molar-refractivity contribution >= 4 is 29.9 Å². The molecule has 1 aliphatic rings. The van der Waals surface area contributed by atoms with Crippen molar-refractivity contribution in [1.29, 1.82) is 0 Å². The van der Waals surface area contributed by atoms with Crippen molar-refractivity contribution < 1.29 is 9.50 Å². The van der Waals surface area contributed by atoms with Crippen LogP contribution >= 0.6 is 24.0 Å². The minimum absolute atomic E-state index is 0. The van der Waals surface area contributed by atoms with Gasteiger partial charge in [0.15, 0.2) is 5.96 Å². The molecule has 7 heteroatoms. The van der Waals surface area contributed by atoms with Crippen molar-refractivity contribution in [3.8, 4) is 0 Å². The maximum Gasteiger partial charge on any atom is 0.191 e. The van der Waals surface area contributed by atoms with Gasteiger partial charge in [-0.3, -0.25) is 4.99 Å². The number of benzene rings is 1. The fraction of sp³-hybridized carbons (Fsp3) is 0.632. The number of likely N-dealkylation sites (tertiary alicyclic amines) is 1. The van der Waals surface area contributed by atoms with Crippen molar-refractivity contribution in [3.05, 3.63) is 35.6 Å². The second-order valence-corrected chi connectivity index (χ2v) is 6.84. The zero-order chi connectivity index (χ0) is 18.2. The Kier molecular flexibility index (Phi) is 10.4. The molecule has 1 aromatic rings. The van der Waals surface area contributed by atoms with Crippen LogP contribution in [0.3, 0.4) is 0 Å². The fourth-order valence-corrected chi connectivity index (χ4v) is 3.04. The predicted molar refractivity (Wildman–Crippen MR) is 116 cm³/mol. The maximum atomic E-state index is 13.0. The Morgan fingerprint density at radius 2 is 1.88 bits per heavy atom. The molecule has 0 aromatic heterocycles. The molecule has 0 radical (unpaired) electrons. The van der Waals surface area contributed by atoms with E-state index in [-0.39, 0.29) is 36.3 Å². The molecule has 0 bridgehead atoms. The molecule has 1 atom stereocenters. The van der Waals surface area contributed by atoms with Gasteiger partial charge >= 0.3 is 0 Å². The quantitative estimate of drug-likeness (QED) is 0.335. The Balaban J connectivity index is 0.00000338. The van der Waals surface area contributed by atoms with Gasteiger partial charge in [0, 0.05) is 31.7 Å². The first-order chi connectivity index (χ1) is 12.0. The van der Waals surface area contributed by atoms with E-state index < -0.39 is 6.10 Å². The van der Waals surface area contributed by atoms with Crippen molar-refractivity contribution in [2.75, 3.05) is 26.2 Å². The summed E-state index contributed by atoms with van der Waals surface area (Å²) in [6.45, 7) is 9.68. The van der Waals surface area contributed by atoms with Crippen molar-refractivity contribution in [3.63, 3.8) is 0 Å². The number of halogens is 2. The minimum Gasteiger partial charge on any atom is -0.386 e. The lowest BCUT2D eigenvalue weighted by Gasteiger charge is -2.35. The van der Waals surface area contributed by atoms with Gasteiger partial charge in [0.05, 0.1) is 12.6 Å². The van der Waals surface area contributed by atoms with Gasteiger partial charge in [0.1, 0.15) is 5.82 Å². The summed E-state index contributed by atoms with van der Waals surface area (Å²) in [5.74, 6) is 0.425. The molecule has 1 fully saturated rings. The van der Waals surface area contributed by atoms with E-state index in [0.717, 1.165) is 38.4 Å². The summed E-state index contributed by atoms with van der Waals surface area (Å²) in [6, 6.07) is 6.89. The fourth-order valence-electron chi connectivity index (χ4n) is 3.04. The number of nitrogens with one attached hydrogen (secondary N) is 2. The van der Waals surface area contributed by atoms with E-state index >= 15 is 0 Å². The predicted octanol–water partition coefficient (Wildman–Crippen LogP) is 2.91. The van der Waals surface area contributed by atoms with E-state index in [1.54, 1.807) is 12.1 Å². The molecule has 1 saturated heterocycles. The van der Waals surface area contributed by atoms with Gasteiger partial charge in [0.25, 0.3) is 0 Å². The van der Waals surface area contributed by atoms with E-state index in [1.165, 1.54) is 12.1 Å². The summed E-state index contributed by atoms with van der Waals surface area (Å²) in [5, 5.41) is 16.9. The first-order valence-electron chi connectivity index (χ1n) is 9.22. The Hall–Kier alpha value is -0.930. The molecule has 1 heterocycles. The van der Waals surface area contributed by atoms with Crippen LogP contribution in [0.5, 0.6) is 0 Å². The highest BCUT2D eigenvalue weighted by Gasteiger charge is 2.21. The highest BCUT2D eigenvalue weighted by Crippen LogP contribution is 2.15. The summed E-state index contributed by atoms with van der Waals surface area (Å²) in [7, 11) is 0. The highest BCUT2D eigenvalue weighted by atomic mass is 127. The number of piperidine rings is 1. The Bertz CT molecular complexity index is 545. The molecule has 148 valence electrons. The molecule has 26 heavy (non-hydrogen) atoms. The number of aliphatic hydroxyl groups excluding tert-OH is 1. The van der Waals surface area contributed by atoms with Crippen LogP contribution in [-0.2, 0) is 0 Å². The third-order valence-electron chi connectivity index (χ3n) is 4.62. The second kappa shape index (κ2) is 11.7. The van der Waals surface area contributed by atoms with E-state index in [9.17, 15) is 9.50 Å². The van der Waals surface area contributed by atoms with E-state index in [0.29, 0.717) is 17.6 Å². The molecule has 5 nitrogen and oxygen atoms in total. The van der Waals surface area contributed by atoms with E-state index in [1.807, 2.05) is 6.92 Å². The number of aliphatic imine (C=N–C) groups is 1. The van der Waals surface area contributed by atoms with Crippen LogP contribution in [0.2, 0.25) is 0 Å². The van der Waals surface area contributed by atoms with Crippen LogP contribution in [0, 0.1) is 5.82 Å². The van der Waals surface area contributed by atoms with Gasteiger partial charge in [-0.15, -0.1) is 24.0 Å². The van der Waals surface area contributed by atoms with Crippen molar-refractivity contribution in [2.45, 2.75) is 51.8 Å². The number of rotatable bonds is 6. The summed E-state index contributed by atoms with van der Waals surface area (Å²) in [6.07, 6.45) is 1.44. The lowest BCUT2D eigenvalue weighted by Crippen LogP contribution is -2.50. The number of guanidine groups is 1. The number of hydrogen-bond donors (Lipinski definition) is 3. The van der Waals surface area contributed by atoms with Crippen LogP contribution in [-0.4, -0.2) is 54.2 Å². The summed E-state index contributed by atoms with van der Waals surface area (Å²) >= 11 is 0. The second-order valence-electron chi connectivity index (χ2n) is 6.84. The third-order valence-corrected chi connectivity index (χ3v) is 4.62. The average molecular weight is 478 g/mol. The monoisotopic (exact) mass is 478 g/mol. The van der Waals surface area contributed by atoms with E-state index in [2.05, 4.69) is 34.4 Å². The van der Waals surface area contributed by atoms with Gasteiger partial charge in [0.2, 0.25) is 0 Å².